The fourth-order valence-electron chi connectivity index (χ4n) is 2.44. The third-order valence-electron chi connectivity index (χ3n) is 3.62. The van der Waals surface area contributed by atoms with Crippen molar-refractivity contribution in [1.82, 2.24) is 10.2 Å². The van der Waals surface area contributed by atoms with Crippen LogP contribution in [0.3, 0.4) is 0 Å². The van der Waals surface area contributed by atoms with Crippen LogP contribution in [0.25, 0.3) is 0 Å². The molecule has 116 valence electrons. The number of benzene rings is 1. The predicted molar refractivity (Wildman–Crippen MR) is 84.9 cm³/mol. The van der Waals surface area contributed by atoms with Gasteiger partial charge in [-0.3, -0.25) is 4.79 Å². The summed E-state index contributed by atoms with van der Waals surface area (Å²) in [5.74, 6) is 0.652. The van der Waals surface area contributed by atoms with Crippen molar-refractivity contribution in [1.29, 1.82) is 0 Å². The van der Waals surface area contributed by atoms with E-state index in [2.05, 4.69) is 10.2 Å². The number of para-hydroxylation sites is 1. The zero-order chi connectivity index (χ0) is 14.9. The molecule has 1 aliphatic rings. The summed E-state index contributed by atoms with van der Waals surface area (Å²) in [6.07, 6.45) is 4.24. The second-order valence-electron chi connectivity index (χ2n) is 5.28. The second-order valence-corrected chi connectivity index (χ2v) is 5.69. The number of nitrogens with zero attached hydrogens (tertiary/aromatic N) is 1. The van der Waals surface area contributed by atoms with Gasteiger partial charge < -0.3 is 15.0 Å². The molecule has 0 radical (unpaired) electrons. The van der Waals surface area contributed by atoms with Gasteiger partial charge in [0.25, 0.3) is 0 Å². The molecule has 4 nitrogen and oxygen atoms in total. The van der Waals surface area contributed by atoms with Crippen LogP contribution in [-0.4, -0.2) is 43.6 Å². The Kier molecular flexibility index (Phi) is 6.83. The van der Waals surface area contributed by atoms with Gasteiger partial charge in [-0.15, -0.1) is 0 Å². The Balaban J connectivity index is 1.56. The van der Waals surface area contributed by atoms with Crippen molar-refractivity contribution in [3.05, 3.63) is 29.3 Å². The minimum atomic E-state index is 0.0269. The van der Waals surface area contributed by atoms with Crippen molar-refractivity contribution in [3.63, 3.8) is 0 Å². The molecule has 0 saturated carbocycles. The van der Waals surface area contributed by atoms with Crippen molar-refractivity contribution >= 4 is 17.5 Å². The number of amides is 1. The molecule has 1 aromatic carbocycles. The lowest BCUT2D eigenvalue weighted by Crippen LogP contribution is -2.37. The quantitative estimate of drug-likeness (QED) is 0.842. The maximum absolute atomic E-state index is 11.7. The molecule has 1 aromatic rings. The van der Waals surface area contributed by atoms with Crippen LogP contribution in [0.2, 0.25) is 5.02 Å². The summed E-state index contributed by atoms with van der Waals surface area (Å²) < 4.78 is 5.50. The number of hydrogen-bond donors (Lipinski definition) is 1. The minimum absolute atomic E-state index is 0.0269. The molecule has 1 heterocycles. The highest BCUT2D eigenvalue weighted by Gasteiger charge is 2.10. The molecule has 0 bridgehead atoms. The average Bonchev–Trinajstić information content (AvgIpc) is 2.50. The van der Waals surface area contributed by atoms with Crippen LogP contribution >= 0.6 is 11.6 Å². The van der Waals surface area contributed by atoms with E-state index in [-0.39, 0.29) is 5.91 Å². The van der Waals surface area contributed by atoms with E-state index in [1.807, 2.05) is 12.1 Å². The van der Waals surface area contributed by atoms with Gasteiger partial charge in [-0.2, -0.15) is 0 Å². The van der Waals surface area contributed by atoms with Gasteiger partial charge in [-0.05, 0) is 38.1 Å². The third kappa shape index (κ3) is 5.94. The molecule has 2 rings (SSSR count). The summed E-state index contributed by atoms with van der Waals surface area (Å²) in [4.78, 5) is 14.1. The smallest absolute Gasteiger partial charge is 0.223 e. The van der Waals surface area contributed by atoms with Gasteiger partial charge >= 0.3 is 0 Å². The number of likely N-dealkylation sites (tertiary alicyclic amines) is 1. The number of halogens is 1. The molecule has 1 N–H and O–H groups in total. The summed E-state index contributed by atoms with van der Waals surface area (Å²) in [7, 11) is 0. The topological polar surface area (TPSA) is 41.6 Å². The maximum atomic E-state index is 11.7. The lowest BCUT2D eigenvalue weighted by molar-refractivity contribution is -0.121. The molecule has 5 heteroatoms. The van der Waals surface area contributed by atoms with Crippen LogP contribution in [0.15, 0.2) is 24.3 Å². The summed E-state index contributed by atoms with van der Waals surface area (Å²) in [5.41, 5.74) is 0. The van der Waals surface area contributed by atoms with Crippen molar-refractivity contribution in [2.45, 2.75) is 25.7 Å². The lowest BCUT2D eigenvalue weighted by Gasteiger charge is -2.26. The normalized spacial score (nSPS) is 15.7. The van der Waals surface area contributed by atoms with Gasteiger partial charge in [0, 0.05) is 13.1 Å². The molecule has 1 aliphatic heterocycles. The Morgan fingerprint density at radius 1 is 1.24 bits per heavy atom. The van der Waals surface area contributed by atoms with Gasteiger partial charge in [0.2, 0.25) is 5.91 Å². The highest BCUT2D eigenvalue weighted by atomic mass is 35.5. The first-order valence-corrected chi connectivity index (χ1v) is 8.00. The third-order valence-corrected chi connectivity index (χ3v) is 3.93. The fourth-order valence-corrected chi connectivity index (χ4v) is 2.63. The molecule has 1 saturated heterocycles. The molecule has 21 heavy (non-hydrogen) atoms. The predicted octanol–water partition coefficient (Wildman–Crippen LogP) is 2.71. The van der Waals surface area contributed by atoms with Crippen molar-refractivity contribution in [2.24, 2.45) is 0 Å². The number of ether oxygens (including phenoxy) is 1. The van der Waals surface area contributed by atoms with Crippen LogP contribution in [0.1, 0.15) is 25.7 Å². The summed E-state index contributed by atoms with van der Waals surface area (Å²) >= 11 is 5.98. The second kappa shape index (κ2) is 8.90. The van der Waals surface area contributed by atoms with Crippen molar-refractivity contribution in [3.8, 4) is 5.75 Å². The van der Waals surface area contributed by atoms with E-state index >= 15 is 0 Å². The van der Waals surface area contributed by atoms with Crippen LogP contribution in [0.5, 0.6) is 5.75 Å². The molecule has 1 amide bonds. The molecule has 0 aromatic heterocycles. The maximum Gasteiger partial charge on any atom is 0.223 e. The van der Waals surface area contributed by atoms with Crippen LogP contribution < -0.4 is 10.1 Å². The standard InChI is InChI=1S/C16H23ClN2O2/c17-14-6-2-3-7-15(14)21-13-8-16(20)18-9-12-19-10-4-1-5-11-19/h2-3,6-7H,1,4-5,8-13H2,(H,18,20). The summed E-state index contributed by atoms with van der Waals surface area (Å²) in [6.45, 7) is 4.32. The molecule has 0 aliphatic carbocycles. The number of nitrogens with one attached hydrogen (secondary N) is 1. The van der Waals surface area contributed by atoms with Crippen LogP contribution in [0.4, 0.5) is 0 Å². The zero-order valence-corrected chi connectivity index (χ0v) is 13.1. The molecule has 0 spiro atoms. The van der Waals surface area contributed by atoms with E-state index in [0.717, 1.165) is 19.6 Å². The Labute approximate surface area is 131 Å². The zero-order valence-electron chi connectivity index (χ0n) is 12.3. The molecule has 0 atom stereocenters. The lowest BCUT2D eigenvalue weighted by atomic mass is 10.1. The van der Waals surface area contributed by atoms with E-state index in [1.165, 1.54) is 19.3 Å². The monoisotopic (exact) mass is 310 g/mol. The Bertz CT molecular complexity index is 448. The van der Waals surface area contributed by atoms with E-state index in [9.17, 15) is 4.79 Å². The Morgan fingerprint density at radius 3 is 2.76 bits per heavy atom. The SMILES string of the molecule is O=C(CCOc1ccccc1Cl)NCCN1CCCCC1. The molecule has 0 unspecified atom stereocenters. The van der Waals surface area contributed by atoms with E-state index in [4.69, 9.17) is 16.3 Å². The Morgan fingerprint density at radius 2 is 2.00 bits per heavy atom. The van der Waals surface area contributed by atoms with E-state index in [1.54, 1.807) is 12.1 Å². The number of piperidine rings is 1. The van der Waals surface area contributed by atoms with Crippen molar-refractivity contribution < 1.29 is 9.53 Å². The average molecular weight is 311 g/mol. The van der Waals surface area contributed by atoms with Gasteiger partial charge in [0.05, 0.1) is 18.1 Å². The first-order valence-electron chi connectivity index (χ1n) is 7.62. The fraction of sp³-hybridized carbons (Fsp3) is 0.562. The number of hydrogen-bond acceptors (Lipinski definition) is 3. The first-order chi connectivity index (χ1) is 10.3. The van der Waals surface area contributed by atoms with Crippen LogP contribution in [0, 0.1) is 0 Å². The number of carbonyl (C=O) groups is 1. The first kappa shape index (κ1) is 16.1. The van der Waals surface area contributed by atoms with Gasteiger partial charge in [-0.25, -0.2) is 0 Å². The van der Waals surface area contributed by atoms with Gasteiger partial charge in [0.1, 0.15) is 5.75 Å². The van der Waals surface area contributed by atoms with E-state index < -0.39 is 0 Å². The largest absolute Gasteiger partial charge is 0.491 e. The van der Waals surface area contributed by atoms with E-state index in [0.29, 0.717) is 30.3 Å². The number of rotatable bonds is 7. The minimum Gasteiger partial charge on any atom is -0.491 e. The van der Waals surface area contributed by atoms with Crippen LogP contribution in [-0.2, 0) is 4.79 Å². The molecular formula is C16H23ClN2O2. The Hall–Kier alpha value is -1.26. The van der Waals surface area contributed by atoms with Gasteiger partial charge in [0.15, 0.2) is 0 Å². The summed E-state index contributed by atoms with van der Waals surface area (Å²) in [5, 5.41) is 3.51. The molecular weight excluding hydrogens is 288 g/mol. The van der Waals surface area contributed by atoms with Crippen molar-refractivity contribution in [2.75, 3.05) is 32.8 Å². The highest BCUT2D eigenvalue weighted by molar-refractivity contribution is 6.32. The van der Waals surface area contributed by atoms with Gasteiger partial charge in [-0.1, -0.05) is 30.2 Å². The highest BCUT2D eigenvalue weighted by Crippen LogP contribution is 2.22. The number of carbonyl (C=O) groups excluding carboxylic acids is 1. The molecule has 1 fully saturated rings. The summed E-state index contributed by atoms with van der Waals surface area (Å²) in [6, 6.07) is 7.29.